The van der Waals surface area contributed by atoms with Crippen molar-refractivity contribution < 1.29 is 4.79 Å². The van der Waals surface area contributed by atoms with E-state index in [4.69, 9.17) is 17.3 Å². The number of hydrogen-bond donors (Lipinski definition) is 1. The second kappa shape index (κ2) is 5.41. The largest absolute Gasteiger partial charge is 0.397 e. The Kier molecular flexibility index (Phi) is 3.60. The first-order chi connectivity index (χ1) is 10.1. The highest BCUT2D eigenvalue weighted by molar-refractivity contribution is 6.31. The average molecular weight is 301 g/mol. The van der Waals surface area contributed by atoms with Gasteiger partial charge in [-0.25, -0.2) is 0 Å². The molecular formula is C17H17ClN2O. The zero-order chi connectivity index (χ0) is 15.0. The molecule has 0 radical (unpaired) electrons. The summed E-state index contributed by atoms with van der Waals surface area (Å²) in [5.74, 6) is 0.454. The number of nitrogen functional groups attached to an aromatic ring is 1. The summed E-state index contributed by atoms with van der Waals surface area (Å²) >= 11 is 5.99. The van der Waals surface area contributed by atoms with Crippen LogP contribution in [0.15, 0.2) is 48.5 Å². The van der Waals surface area contributed by atoms with E-state index in [-0.39, 0.29) is 11.8 Å². The number of hydrogen-bond acceptors (Lipinski definition) is 2. The van der Waals surface area contributed by atoms with E-state index >= 15 is 0 Å². The lowest BCUT2D eigenvalue weighted by atomic mass is 10.1. The van der Waals surface area contributed by atoms with Crippen LogP contribution in [0.25, 0.3) is 0 Å². The lowest BCUT2D eigenvalue weighted by Gasteiger charge is -2.19. The fraction of sp³-hybridized carbons (Fsp3) is 0.235. The predicted octanol–water partition coefficient (Wildman–Crippen LogP) is 3.69. The van der Waals surface area contributed by atoms with E-state index in [1.54, 1.807) is 30.1 Å². The Labute approximate surface area is 129 Å². The van der Waals surface area contributed by atoms with Gasteiger partial charge in [-0.15, -0.1) is 0 Å². The van der Waals surface area contributed by atoms with Crippen LogP contribution in [0, 0.1) is 5.92 Å². The van der Waals surface area contributed by atoms with E-state index in [0.717, 1.165) is 6.42 Å². The number of benzene rings is 2. The molecular weight excluding hydrogens is 284 g/mol. The molecule has 2 N–H and O–H groups in total. The highest BCUT2D eigenvalue weighted by Gasteiger charge is 2.45. The van der Waals surface area contributed by atoms with Crippen molar-refractivity contribution in [1.29, 1.82) is 0 Å². The lowest BCUT2D eigenvalue weighted by molar-refractivity contribution is -0.119. The standard InChI is InChI=1S/C17H17ClN2O/c1-20(16-9-12(18)7-8-15(16)19)17(21)14-10-13(14)11-5-3-2-4-6-11/h2-9,13-14H,10,19H2,1H3. The van der Waals surface area contributed by atoms with Crippen LogP contribution in [-0.2, 0) is 4.79 Å². The Morgan fingerprint density at radius 3 is 2.67 bits per heavy atom. The molecule has 0 heterocycles. The molecule has 1 fully saturated rings. The molecule has 1 aliphatic carbocycles. The molecule has 1 amide bonds. The van der Waals surface area contributed by atoms with Gasteiger partial charge >= 0.3 is 0 Å². The van der Waals surface area contributed by atoms with Gasteiger partial charge in [-0.3, -0.25) is 4.79 Å². The number of anilines is 2. The molecule has 2 unspecified atom stereocenters. The van der Waals surface area contributed by atoms with Gasteiger partial charge in [0.1, 0.15) is 0 Å². The van der Waals surface area contributed by atoms with Crippen molar-refractivity contribution in [2.24, 2.45) is 5.92 Å². The second-order valence-corrected chi connectivity index (χ2v) is 5.90. The molecule has 0 saturated heterocycles. The number of carbonyl (C=O) groups excluding carboxylic acids is 1. The van der Waals surface area contributed by atoms with Crippen LogP contribution in [0.1, 0.15) is 17.9 Å². The van der Waals surface area contributed by atoms with Crippen LogP contribution in [0.3, 0.4) is 0 Å². The zero-order valence-electron chi connectivity index (χ0n) is 11.8. The van der Waals surface area contributed by atoms with Gasteiger partial charge in [0.2, 0.25) is 5.91 Å². The summed E-state index contributed by atoms with van der Waals surface area (Å²) in [6.07, 6.45) is 0.896. The molecule has 108 valence electrons. The van der Waals surface area contributed by atoms with Gasteiger partial charge in [0.05, 0.1) is 11.4 Å². The summed E-state index contributed by atoms with van der Waals surface area (Å²) in [7, 11) is 1.75. The lowest BCUT2D eigenvalue weighted by Crippen LogP contribution is -2.28. The summed E-state index contributed by atoms with van der Waals surface area (Å²) in [5, 5.41) is 0.578. The molecule has 0 spiro atoms. The van der Waals surface area contributed by atoms with E-state index in [0.29, 0.717) is 22.3 Å². The van der Waals surface area contributed by atoms with E-state index in [2.05, 4.69) is 12.1 Å². The van der Waals surface area contributed by atoms with Gasteiger partial charge in [0.25, 0.3) is 0 Å². The molecule has 0 aliphatic heterocycles. The number of carbonyl (C=O) groups is 1. The van der Waals surface area contributed by atoms with Crippen molar-refractivity contribution in [1.82, 2.24) is 0 Å². The number of amides is 1. The van der Waals surface area contributed by atoms with E-state index < -0.39 is 0 Å². The monoisotopic (exact) mass is 300 g/mol. The van der Waals surface area contributed by atoms with E-state index in [9.17, 15) is 4.79 Å². The van der Waals surface area contributed by atoms with E-state index in [1.807, 2.05) is 18.2 Å². The first kappa shape index (κ1) is 14.0. The molecule has 0 aromatic heterocycles. The second-order valence-electron chi connectivity index (χ2n) is 5.46. The maximum Gasteiger partial charge on any atom is 0.230 e. The van der Waals surface area contributed by atoms with Crippen molar-refractivity contribution in [2.45, 2.75) is 12.3 Å². The zero-order valence-corrected chi connectivity index (χ0v) is 12.5. The fourth-order valence-corrected chi connectivity index (χ4v) is 2.88. The molecule has 1 saturated carbocycles. The first-order valence-corrected chi connectivity index (χ1v) is 7.33. The van der Waals surface area contributed by atoms with Gasteiger partial charge < -0.3 is 10.6 Å². The van der Waals surface area contributed by atoms with Gasteiger partial charge in [0, 0.05) is 18.0 Å². The third kappa shape index (κ3) is 2.74. The highest BCUT2D eigenvalue weighted by Crippen LogP contribution is 2.48. The highest BCUT2D eigenvalue weighted by atomic mass is 35.5. The molecule has 2 aromatic rings. The minimum absolute atomic E-state index is 0.0378. The van der Waals surface area contributed by atoms with Crippen molar-refractivity contribution in [3.8, 4) is 0 Å². The third-order valence-electron chi connectivity index (χ3n) is 4.02. The van der Waals surface area contributed by atoms with Crippen molar-refractivity contribution in [3.05, 3.63) is 59.1 Å². The minimum atomic E-state index is 0.0378. The predicted molar refractivity (Wildman–Crippen MR) is 86.6 cm³/mol. The molecule has 3 rings (SSSR count). The molecule has 4 heteroatoms. The Hall–Kier alpha value is -2.00. The van der Waals surface area contributed by atoms with Gasteiger partial charge in [-0.1, -0.05) is 41.9 Å². The fourth-order valence-electron chi connectivity index (χ4n) is 2.71. The molecule has 0 bridgehead atoms. The number of nitrogens with zero attached hydrogens (tertiary/aromatic N) is 1. The van der Waals surface area contributed by atoms with Crippen LogP contribution in [0.5, 0.6) is 0 Å². The maximum absolute atomic E-state index is 12.6. The minimum Gasteiger partial charge on any atom is -0.397 e. The Morgan fingerprint density at radius 2 is 1.95 bits per heavy atom. The maximum atomic E-state index is 12.6. The first-order valence-electron chi connectivity index (χ1n) is 6.95. The van der Waals surface area contributed by atoms with Gasteiger partial charge in [-0.05, 0) is 36.1 Å². The SMILES string of the molecule is CN(C(=O)C1CC1c1ccccc1)c1cc(Cl)ccc1N. The molecule has 3 nitrogen and oxygen atoms in total. The quantitative estimate of drug-likeness (QED) is 0.879. The number of rotatable bonds is 3. The number of nitrogens with two attached hydrogens (primary N) is 1. The summed E-state index contributed by atoms with van der Waals surface area (Å²) in [6.45, 7) is 0. The van der Waals surface area contributed by atoms with Crippen molar-refractivity contribution >= 4 is 28.9 Å². The smallest absolute Gasteiger partial charge is 0.230 e. The topological polar surface area (TPSA) is 46.3 Å². The summed E-state index contributed by atoms with van der Waals surface area (Å²) in [4.78, 5) is 14.2. The summed E-state index contributed by atoms with van der Waals surface area (Å²) in [5.41, 5.74) is 8.40. The summed E-state index contributed by atoms with van der Waals surface area (Å²) in [6, 6.07) is 15.3. The molecule has 21 heavy (non-hydrogen) atoms. The summed E-state index contributed by atoms with van der Waals surface area (Å²) < 4.78 is 0. The van der Waals surface area contributed by atoms with Crippen LogP contribution in [0.4, 0.5) is 11.4 Å². The average Bonchev–Trinajstić information content (AvgIpc) is 3.30. The Morgan fingerprint density at radius 1 is 1.24 bits per heavy atom. The Balaban J connectivity index is 1.76. The van der Waals surface area contributed by atoms with Gasteiger partial charge in [-0.2, -0.15) is 0 Å². The molecule has 2 atom stereocenters. The van der Waals surface area contributed by atoms with Crippen molar-refractivity contribution in [2.75, 3.05) is 17.7 Å². The van der Waals surface area contributed by atoms with E-state index in [1.165, 1.54) is 5.56 Å². The van der Waals surface area contributed by atoms with Crippen LogP contribution in [-0.4, -0.2) is 13.0 Å². The van der Waals surface area contributed by atoms with Crippen molar-refractivity contribution in [3.63, 3.8) is 0 Å². The Bertz CT molecular complexity index is 672. The van der Waals surface area contributed by atoms with Crippen LogP contribution >= 0.6 is 11.6 Å². The van der Waals surface area contributed by atoms with Crippen LogP contribution in [0.2, 0.25) is 5.02 Å². The third-order valence-corrected chi connectivity index (χ3v) is 4.25. The van der Waals surface area contributed by atoms with Gasteiger partial charge in [0.15, 0.2) is 0 Å². The van der Waals surface area contributed by atoms with Crippen LogP contribution < -0.4 is 10.6 Å². The molecule has 1 aliphatic rings. The molecule has 2 aromatic carbocycles. The number of halogens is 1. The normalized spacial score (nSPS) is 20.1.